The smallest absolute Gasteiger partial charge is 0.0317 e. The highest BCUT2D eigenvalue weighted by molar-refractivity contribution is 9.10. The lowest BCUT2D eigenvalue weighted by Crippen LogP contribution is -2.21. The molecule has 0 bridgehead atoms. The molecule has 1 unspecified atom stereocenters. The molecule has 2 heteroatoms. The van der Waals surface area contributed by atoms with Gasteiger partial charge < -0.3 is 5.32 Å². The quantitative estimate of drug-likeness (QED) is 0.600. The summed E-state index contributed by atoms with van der Waals surface area (Å²) in [4.78, 5) is 0. The van der Waals surface area contributed by atoms with E-state index in [4.69, 9.17) is 0 Å². The van der Waals surface area contributed by atoms with Crippen LogP contribution in [0.25, 0.3) is 0 Å². The topological polar surface area (TPSA) is 12.0 Å². The van der Waals surface area contributed by atoms with Crippen molar-refractivity contribution < 1.29 is 0 Å². The fraction of sp³-hybridized carbons (Fsp3) is 0.429. The summed E-state index contributed by atoms with van der Waals surface area (Å²) in [6.45, 7) is 5.32. The van der Waals surface area contributed by atoms with Crippen LogP contribution < -0.4 is 5.32 Å². The number of nitrogens with one attached hydrogen (secondary N) is 1. The summed E-state index contributed by atoms with van der Waals surface area (Å²) < 4.78 is 1.14. The minimum atomic E-state index is 0.471. The number of allylic oxidation sites excluding steroid dienone is 1. The van der Waals surface area contributed by atoms with Crippen molar-refractivity contribution in [1.82, 2.24) is 5.32 Å². The molecule has 1 rings (SSSR count). The molecule has 0 aromatic heterocycles. The van der Waals surface area contributed by atoms with Crippen LogP contribution in [0.3, 0.4) is 0 Å². The van der Waals surface area contributed by atoms with Crippen molar-refractivity contribution in [3.05, 3.63) is 46.5 Å². The van der Waals surface area contributed by atoms with E-state index in [0.29, 0.717) is 6.04 Å². The molecular formula is C14H20BrN. The normalized spacial score (nSPS) is 13.2. The zero-order valence-electron chi connectivity index (χ0n) is 10.0. The molecular weight excluding hydrogens is 262 g/mol. The Balaban J connectivity index is 2.50. The van der Waals surface area contributed by atoms with Crippen molar-refractivity contribution in [3.8, 4) is 0 Å². The van der Waals surface area contributed by atoms with Crippen LogP contribution in [0.2, 0.25) is 0 Å². The molecule has 0 radical (unpaired) electrons. The largest absolute Gasteiger partial charge is 0.310 e. The summed E-state index contributed by atoms with van der Waals surface area (Å²) in [5, 5.41) is 3.57. The number of halogens is 1. The third-order valence-electron chi connectivity index (χ3n) is 2.62. The molecule has 1 atom stereocenters. The van der Waals surface area contributed by atoms with E-state index < -0.39 is 0 Å². The van der Waals surface area contributed by atoms with Gasteiger partial charge in [-0.05, 0) is 44.0 Å². The van der Waals surface area contributed by atoms with Gasteiger partial charge in [0.15, 0.2) is 0 Å². The first-order valence-electron chi connectivity index (χ1n) is 5.88. The molecule has 0 aliphatic heterocycles. The third-order valence-corrected chi connectivity index (χ3v) is 3.15. The molecule has 0 saturated carbocycles. The minimum absolute atomic E-state index is 0.471. The second kappa shape index (κ2) is 7.64. The van der Waals surface area contributed by atoms with Gasteiger partial charge in [0, 0.05) is 10.5 Å². The Morgan fingerprint density at radius 1 is 1.31 bits per heavy atom. The molecule has 0 amide bonds. The van der Waals surface area contributed by atoms with Gasteiger partial charge in [-0.25, -0.2) is 0 Å². The van der Waals surface area contributed by atoms with E-state index in [1.165, 1.54) is 5.56 Å². The lowest BCUT2D eigenvalue weighted by molar-refractivity contribution is 0.525. The summed E-state index contributed by atoms with van der Waals surface area (Å²) in [5.74, 6) is 0. The Kier molecular flexibility index (Phi) is 6.43. The summed E-state index contributed by atoms with van der Waals surface area (Å²) in [6, 6.07) is 9.04. The van der Waals surface area contributed by atoms with Gasteiger partial charge in [-0.3, -0.25) is 0 Å². The fourth-order valence-electron chi connectivity index (χ4n) is 1.70. The maximum Gasteiger partial charge on any atom is 0.0317 e. The average Bonchev–Trinajstić information content (AvgIpc) is 2.31. The van der Waals surface area contributed by atoms with E-state index in [1.54, 1.807) is 0 Å². The van der Waals surface area contributed by atoms with E-state index in [0.717, 1.165) is 23.9 Å². The van der Waals surface area contributed by atoms with Crippen molar-refractivity contribution >= 4 is 15.9 Å². The monoisotopic (exact) mass is 281 g/mol. The number of benzene rings is 1. The predicted molar refractivity (Wildman–Crippen MR) is 74.6 cm³/mol. The van der Waals surface area contributed by atoms with E-state index in [-0.39, 0.29) is 0 Å². The first-order valence-corrected chi connectivity index (χ1v) is 6.67. The van der Waals surface area contributed by atoms with E-state index >= 15 is 0 Å². The van der Waals surface area contributed by atoms with Crippen molar-refractivity contribution in [1.29, 1.82) is 0 Å². The molecule has 0 fully saturated rings. The Hall–Kier alpha value is -0.600. The highest BCUT2D eigenvalue weighted by Gasteiger charge is 2.06. The van der Waals surface area contributed by atoms with Crippen molar-refractivity contribution in [2.75, 3.05) is 6.54 Å². The molecule has 0 aliphatic rings. The van der Waals surface area contributed by atoms with Gasteiger partial charge in [0.05, 0.1) is 0 Å². The second-order valence-electron chi connectivity index (χ2n) is 3.82. The van der Waals surface area contributed by atoms with Crippen LogP contribution in [0.15, 0.2) is 40.9 Å². The van der Waals surface area contributed by atoms with Gasteiger partial charge in [-0.15, -0.1) is 0 Å². The van der Waals surface area contributed by atoms with Gasteiger partial charge in [-0.2, -0.15) is 0 Å². The molecule has 0 saturated heterocycles. The summed E-state index contributed by atoms with van der Waals surface area (Å²) in [5.41, 5.74) is 1.37. The Bertz CT molecular complexity index is 316. The van der Waals surface area contributed by atoms with Gasteiger partial charge in [0.2, 0.25) is 0 Å². The summed E-state index contributed by atoms with van der Waals surface area (Å²) in [6.07, 6.45) is 6.52. The summed E-state index contributed by atoms with van der Waals surface area (Å²) >= 11 is 3.46. The maximum absolute atomic E-state index is 3.57. The van der Waals surface area contributed by atoms with Gasteiger partial charge in [0.25, 0.3) is 0 Å². The van der Waals surface area contributed by atoms with Crippen LogP contribution >= 0.6 is 15.9 Å². The molecule has 88 valence electrons. The minimum Gasteiger partial charge on any atom is -0.310 e. The van der Waals surface area contributed by atoms with Gasteiger partial charge >= 0.3 is 0 Å². The zero-order valence-corrected chi connectivity index (χ0v) is 11.6. The van der Waals surface area contributed by atoms with Gasteiger partial charge in [0.1, 0.15) is 0 Å². The molecule has 1 aromatic rings. The van der Waals surface area contributed by atoms with Crippen molar-refractivity contribution in [3.63, 3.8) is 0 Å². The van der Waals surface area contributed by atoms with Crippen LogP contribution in [0, 0.1) is 0 Å². The standard InChI is InChI=1S/C14H20BrN/c1-3-5-6-11-16-14(4-2)12-7-9-13(15)10-8-12/h3,5,7-10,14,16H,4,6,11H2,1-2H3/b5-3+. The lowest BCUT2D eigenvalue weighted by atomic mass is 10.0. The van der Waals surface area contributed by atoms with Crippen LogP contribution in [-0.4, -0.2) is 6.54 Å². The SMILES string of the molecule is C/C=C/CCNC(CC)c1ccc(Br)cc1. The Morgan fingerprint density at radius 2 is 2.00 bits per heavy atom. The van der Waals surface area contributed by atoms with E-state index in [2.05, 4.69) is 71.5 Å². The van der Waals surface area contributed by atoms with Crippen molar-refractivity contribution in [2.45, 2.75) is 32.7 Å². The fourth-order valence-corrected chi connectivity index (χ4v) is 1.96. The van der Waals surface area contributed by atoms with Gasteiger partial charge in [-0.1, -0.05) is 47.1 Å². The highest BCUT2D eigenvalue weighted by atomic mass is 79.9. The van der Waals surface area contributed by atoms with E-state index in [9.17, 15) is 0 Å². The average molecular weight is 282 g/mol. The van der Waals surface area contributed by atoms with Crippen LogP contribution in [0.1, 0.15) is 38.3 Å². The molecule has 0 spiro atoms. The van der Waals surface area contributed by atoms with Crippen LogP contribution in [-0.2, 0) is 0 Å². The first kappa shape index (κ1) is 13.5. The Morgan fingerprint density at radius 3 is 2.56 bits per heavy atom. The Labute approximate surface area is 107 Å². The maximum atomic E-state index is 3.57. The molecule has 1 N–H and O–H groups in total. The number of hydrogen-bond acceptors (Lipinski definition) is 1. The second-order valence-corrected chi connectivity index (χ2v) is 4.74. The van der Waals surface area contributed by atoms with Crippen molar-refractivity contribution in [2.24, 2.45) is 0 Å². The highest BCUT2D eigenvalue weighted by Crippen LogP contribution is 2.19. The molecule has 1 nitrogen and oxygen atoms in total. The molecule has 16 heavy (non-hydrogen) atoms. The molecule has 1 aromatic carbocycles. The number of rotatable bonds is 6. The zero-order chi connectivity index (χ0) is 11.8. The van der Waals surface area contributed by atoms with Crippen LogP contribution in [0.5, 0.6) is 0 Å². The lowest BCUT2D eigenvalue weighted by Gasteiger charge is -2.17. The van der Waals surface area contributed by atoms with Crippen LogP contribution in [0.4, 0.5) is 0 Å². The molecule has 0 heterocycles. The summed E-state index contributed by atoms with van der Waals surface area (Å²) in [7, 11) is 0. The van der Waals surface area contributed by atoms with E-state index in [1.807, 2.05) is 0 Å². The predicted octanol–water partition coefficient (Wildman–Crippen LogP) is 4.46. The number of hydrogen-bond donors (Lipinski definition) is 1. The third kappa shape index (κ3) is 4.50. The molecule has 0 aliphatic carbocycles. The first-order chi connectivity index (χ1) is 7.77.